The zero-order chi connectivity index (χ0) is 28.6. The number of ether oxygens (including phenoxy) is 1. The van der Waals surface area contributed by atoms with Gasteiger partial charge in [0, 0.05) is 61.8 Å². The van der Waals surface area contributed by atoms with Crippen molar-refractivity contribution in [2.24, 2.45) is 7.05 Å². The molecule has 12 nitrogen and oxygen atoms in total. The van der Waals surface area contributed by atoms with Crippen molar-refractivity contribution in [2.75, 3.05) is 44.4 Å². The number of pyridine rings is 1. The number of likely N-dealkylation sites (N-methyl/N-ethyl adjacent to an activating group) is 1. The maximum absolute atomic E-state index is 13.6. The van der Waals surface area contributed by atoms with Gasteiger partial charge in [0.2, 0.25) is 11.9 Å². The van der Waals surface area contributed by atoms with E-state index in [-0.39, 0.29) is 17.5 Å². The molecule has 12 heteroatoms. The van der Waals surface area contributed by atoms with E-state index in [1.54, 1.807) is 30.4 Å². The predicted octanol–water partition coefficient (Wildman–Crippen LogP) is 3.56. The van der Waals surface area contributed by atoms with Crippen LogP contribution in [0.5, 0.6) is 5.88 Å². The Labute approximate surface area is 234 Å². The van der Waals surface area contributed by atoms with Gasteiger partial charge in [0.15, 0.2) is 5.82 Å². The maximum Gasteiger partial charge on any atom is 0.256 e. The molecule has 0 bridgehead atoms. The number of amides is 1. The average Bonchev–Trinajstić information content (AvgIpc) is 3.50. The molecule has 0 aliphatic carbocycles. The molecule has 1 amide bonds. The van der Waals surface area contributed by atoms with Crippen LogP contribution < -0.4 is 15.4 Å². The standard InChI is InChI=1S/C28H38N10O2/c1-8-21(38-12-11-36(5)16-28(38,3)4)25(39)34-24-23-18(9-10-29-24)19(14-30-23)22-17(2)13-31-27(33-22)32-20-15-37(6)35-26(20)40-7/h9-10,13-15,21,30H,8,11-12,16H2,1-7H3,(H,29,34,39)(H,31,32,33). The molecule has 1 unspecified atom stereocenters. The second-order valence-electron chi connectivity index (χ2n) is 11.0. The number of carbonyl (C=O) groups is 1. The van der Waals surface area contributed by atoms with Gasteiger partial charge in [-0.1, -0.05) is 6.92 Å². The minimum Gasteiger partial charge on any atom is -0.478 e. The largest absolute Gasteiger partial charge is 0.478 e. The van der Waals surface area contributed by atoms with E-state index >= 15 is 0 Å². The smallest absolute Gasteiger partial charge is 0.256 e. The van der Waals surface area contributed by atoms with Crippen molar-refractivity contribution in [2.45, 2.75) is 45.7 Å². The van der Waals surface area contributed by atoms with Crippen LogP contribution in [0.2, 0.25) is 0 Å². The molecule has 0 saturated carbocycles. The number of piperazine rings is 1. The zero-order valence-corrected chi connectivity index (χ0v) is 24.2. The third kappa shape index (κ3) is 5.24. The Morgan fingerprint density at radius 3 is 2.77 bits per heavy atom. The van der Waals surface area contributed by atoms with Crippen LogP contribution in [-0.4, -0.2) is 90.8 Å². The molecule has 5 heterocycles. The van der Waals surface area contributed by atoms with Crippen LogP contribution in [0.1, 0.15) is 32.8 Å². The molecule has 0 radical (unpaired) electrons. The Hall–Kier alpha value is -4.03. The van der Waals surface area contributed by atoms with Crippen LogP contribution >= 0.6 is 0 Å². The zero-order valence-electron chi connectivity index (χ0n) is 24.2. The molecule has 1 aliphatic heterocycles. The van der Waals surface area contributed by atoms with E-state index in [1.165, 1.54) is 0 Å². The molecule has 1 fully saturated rings. The summed E-state index contributed by atoms with van der Waals surface area (Å²) >= 11 is 0. The highest BCUT2D eigenvalue weighted by Crippen LogP contribution is 2.33. The summed E-state index contributed by atoms with van der Waals surface area (Å²) in [6.45, 7) is 11.1. The topological polar surface area (TPSA) is 129 Å². The molecule has 1 aliphatic rings. The second kappa shape index (κ2) is 10.9. The van der Waals surface area contributed by atoms with E-state index in [2.05, 4.69) is 68.3 Å². The highest BCUT2D eigenvalue weighted by Gasteiger charge is 2.39. The summed E-state index contributed by atoms with van der Waals surface area (Å²) in [5.74, 6) is 1.33. The Bertz CT molecular complexity index is 1520. The molecular formula is C28H38N10O2. The van der Waals surface area contributed by atoms with Gasteiger partial charge < -0.3 is 25.3 Å². The van der Waals surface area contributed by atoms with Crippen molar-refractivity contribution >= 4 is 34.3 Å². The van der Waals surface area contributed by atoms with E-state index in [0.29, 0.717) is 29.8 Å². The number of aromatic amines is 1. The molecule has 3 N–H and O–H groups in total. The van der Waals surface area contributed by atoms with Crippen LogP contribution in [0.3, 0.4) is 0 Å². The fourth-order valence-electron chi connectivity index (χ4n) is 5.68. The highest BCUT2D eigenvalue weighted by molar-refractivity contribution is 6.05. The first-order valence-electron chi connectivity index (χ1n) is 13.5. The number of methoxy groups -OCH3 is 1. The molecule has 0 aromatic carbocycles. The van der Waals surface area contributed by atoms with Gasteiger partial charge in [0.25, 0.3) is 5.88 Å². The highest BCUT2D eigenvalue weighted by atomic mass is 16.5. The number of nitrogens with one attached hydrogen (secondary N) is 3. The third-order valence-electron chi connectivity index (χ3n) is 7.53. The number of hydrogen-bond donors (Lipinski definition) is 3. The van der Waals surface area contributed by atoms with Crippen molar-refractivity contribution in [1.82, 2.24) is 39.5 Å². The lowest BCUT2D eigenvalue weighted by Gasteiger charge is -2.49. The molecule has 1 saturated heterocycles. The van der Waals surface area contributed by atoms with Gasteiger partial charge in [-0.15, -0.1) is 5.10 Å². The van der Waals surface area contributed by atoms with E-state index < -0.39 is 0 Å². The Morgan fingerprint density at radius 1 is 1.25 bits per heavy atom. The molecule has 212 valence electrons. The lowest BCUT2D eigenvalue weighted by molar-refractivity contribution is -0.125. The van der Waals surface area contributed by atoms with Gasteiger partial charge >= 0.3 is 0 Å². The lowest BCUT2D eigenvalue weighted by Crippen LogP contribution is -2.63. The van der Waals surface area contributed by atoms with Gasteiger partial charge in [-0.05, 0) is 45.9 Å². The van der Waals surface area contributed by atoms with Crippen molar-refractivity contribution in [3.8, 4) is 17.1 Å². The molecule has 40 heavy (non-hydrogen) atoms. The van der Waals surface area contributed by atoms with E-state index in [4.69, 9.17) is 9.72 Å². The summed E-state index contributed by atoms with van der Waals surface area (Å²) in [5.41, 5.74) is 3.87. The molecule has 5 rings (SSSR count). The number of fused-ring (bicyclic) bond motifs is 1. The van der Waals surface area contributed by atoms with Crippen molar-refractivity contribution in [3.63, 3.8) is 0 Å². The van der Waals surface area contributed by atoms with Crippen molar-refractivity contribution in [1.29, 1.82) is 0 Å². The van der Waals surface area contributed by atoms with Crippen LogP contribution in [0.4, 0.5) is 17.5 Å². The van der Waals surface area contributed by atoms with Crippen molar-refractivity contribution in [3.05, 3.63) is 36.4 Å². The van der Waals surface area contributed by atoms with E-state index in [9.17, 15) is 4.79 Å². The number of rotatable bonds is 8. The van der Waals surface area contributed by atoms with E-state index in [1.807, 2.05) is 26.2 Å². The number of aromatic nitrogens is 6. The fraction of sp³-hybridized carbons (Fsp3) is 0.464. The number of carbonyl (C=O) groups excluding carboxylic acids is 1. The predicted molar refractivity (Wildman–Crippen MR) is 156 cm³/mol. The minimum atomic E-state index is -0.252. The number of H-pyrrole nitrogens is 1. The minimum absolute atomic E-state index is 0.0496. The molecule has 4 aromatic rings. The van der Waals surface area contributed by atoms with Crippen LogP contribution in [-0.2, 0) is 11.8 Å². The van der Waals surface area contributed by atoms with Gasteiger partial charge in [-0.3, -0.25) is 14.4 Å². The number of aryl methyl sites for hydroxylation is 2. The summed E-state index contributed by atoms with van der Waals surface area (Å²) in [4.78, 5) is 35.3. The second-order valence-corrected chi connectivity index (χ2v) is 11.0. The first-order valence-corrected chi connectivity index (χ1v) is 13.5. The monoisotopic (exact) mass is 546 g/mol. The normalized spacial score (nSPS) is 16.7. The van der Waals surface area contributed by atoms with E-state index in [0.717, 1.165) is 47.4 Å². The quantitative estimate of drug-likeness (QED) is 0.304. The van der Waals surface area contributed by atoms with Gasteiger partial charge in [-0.25, -0.2) is 15.0 Å². The van der Waals surface area contributed by atoms with Crippen molar-refractivity contribution < 1.29 is 9.53 Å². The Morgan fingerprint density at radius 2 is 2.05 bits per heavy atom. The lowest BCUT2D eigenvalue weighted by atomic mass is 9.95. The number of nitrogens with zero attached hydrogens (tertiary/aromatic N) is 7. The van der Waals surface area contributed by atoms with Gasteiger partial charge in [-0.2, -0.15) is 0 Å². The maximum atomic E-state index is 13.6. The SMILES string of the molecule is CCC(C(=O)Nc1nccc2c(-c3nc(Nc4cn(C)nc4OC)ncc3C)c[nH]c12)N1CCN(C)CC1(C)C. The number of hydrogen-bond acceptors (Lipinski definition) is 9. The Kier molecular flexibility index (Phi) is 7.47. The van der Waals surface area contributed by atoms with Crippen LogP contribution in [0, 0.1) is 6.92 Å². The third-order valence-corrected chi connectivity index (χ3v) is 7.53. The van der Waals surface area contributed by atoms with Gasteiger partial charge in [0.1, 0.15) is 5.69 Å². The molecular weight excluding hydrogens is 508 g/mol. The first kappa shape index (κ1) is 27.5. The average molecular weight is 547 g/mol. The fourth-order valence-corrected chi connectivity index (χ4v) is 5.68. The molecule has 4 aromatic heterocycles. The molecule has 0 spiro atoms. The van der Waals surface area contributed by atoms with Crippen LogP contribution in [0.15, 0.2) is 30.9 Å². The first-order chi connectivity index (χ1) is 19.1. The summed E-state index contributed by atoms with van der Waals surface area (Å²) in [6, 6.07) is 1.67. The number of anilines is 3. The molecule has 1 atom stereocenters. The Balaban J connectivity index is 1.43. The van der Waals surface area contributed by atoms with Crippen LogP contribution in [0.25, 0.3) is 22.2 Å². The van der Waals surface area contributed by atoms with Gasteiger partial charge in [0.05, 0.1) is 30.6 Å². The summed E-state index contributed by atoms with van der Waals surface area (Å²) < 4.78 is 7.00. The summed E-state index contributed by atoms with van der Waals surface area (Å²) in [7, 11) is 5.52. The summed E-state index contributed by atoms with van der Waals surface area (Å²) in [6.07, 6.45) is 7.90. The summed E-state index contributed by atoms with van der Waals surface area (Å²) in [5, 5.41) is 11.5.